The molecule has 0 radical (unpaired) electrons. The van der Waals surface area contributed by atoms with Crippen LogP contribution in [-0.4, -0.2) is 48.9 Å². The second kappa shape index (κ2) is 7.67. The summed E-state index contributed by atoms with van der Waals surface area (Å²) in [6, 6.07) is 1.98. The summed E-state index contributed by atoms with van der Waals surface area (Å²) < 4.78 is 0. The summed E-state index contributed by atoms with van der Waals surface area (Å²) in [7, 11) is 0. The highest BCUT2D eigenvalue weighted by atomic mass is 16.2. The largest absolute Gasteiger partial charge is 0.346 e. The average molecular weight is 252 g/mol. The lowest BCUT2D eigenvalue weighted by Gasteiger charge is -2.32. The first-order valence-corrected chi connectivity index (χ1v) is 6.32. The lowest BCUT2D eigenvalue weighted by atomic mass is 10.1. The van der Waals surface area contributed by atoms with Gasteiger partial charge in [0, 0.05) is 12.6 Å². The molecule has 1 rings (SSSR count). The van der Waals surface area contributed by atoms with Gasteiger partial charge in [0.25, 0.3) is 0 Å². The number of nitriles is 1. The Morgan fingerprint density at radius 2 is 1.83 bits per heavy atom. The van der Waals surface area contributed by atoms with Crippen molar-refractivity contribution < 1.29 is 9.59 Å². The Labute approximate surface area is 107 Å². The van der Waals surface area contributed by atoms with Crippen LogP contribution in [0.1, 0.15) is 26.2 Å². The van der Waals surface area contributed by atoms with Crippen molar-refractivity contribution in [3.63, 3.8) is 0 Å². The van der Waals surface area contributed by atoms with E-state index in [2.05, 4.69) is 15.5 Å². The van der Waals surface area contributed by atoms with E-state index >= 15 is 0 Å². The van der Waals surface area contributed by atoms with Crippen molar-refractivity contribution in [2.24, 2.45) is 0 Å². The Balaban J connectivity index is 2.24. The number of nitrogens with zero attached hydrogens (tertiary/aromatic N) is 2. The van der Waals surface area contributed by atoms with Crippen LogP contribution in [0.5, 0.6) is 0 Å². The maximum Gasteiger partial charge on any atom is 0.310 e. The number of hydrogen-bond acceptors (Lipinski definition) is 4. The summed E-state index contributed by atoms with van der Waals surface area (Å²) in [4.78, 5) is 24.9. The topological polar surface area (TPSA) is 85.2 Å². The zero-order chi connectivity index (χ0) is 13.4. The van der Waals surface area contributed by atoms with Gasteiger partial charge in [-0.05, 0) is 32.9 Å². The molecule has 0 aromatic carbocycles. The molecule has 1 heterocycles. The van der Waals surface area contributed by atoms with Crippen molar-refractivity contribution in [2.45, 2.75) is 32.2 Å². The molecule has 2 N–H and O–H groups in total. The summed E-state index contributed by atoms with van der Waals surface area (Å²) >= 11 is 0. The second-order valence-corrected chi connectivity index (χ2v) is 4.50. The van der Waals surface area contributed by atoms with E-state index in [1.807, 2.05) is 6.92 Å². The van der Waals surface area contributed by atoms with Crippen LogP contribution in [0.3, 0.4) is 0 Å². The van der Waals surface area contributed by atoms with Crippen LogP contribution in [0.25, 0.3) is 0 Å². The third-order valence-electron chi connectivity index (χ3n) is 3.11. The second-order valence-electron chi connectivity index (χ2n) is 4.50. The molecule has 1 fully saturated rings. The molecule has 2 amide bonds. The quantitative estimate of drug-likeness (QED) is 0.527. The predicted octanol–water partition coefficient (Wildman–Crippen LogP) is -0.383. The number of carbonyl (C=O) groups is 2. The molecule has 1 atom stereocenters. The molecular weight excluding hydrogens is 232 g/mol. The maximum atomic E-state index is 11.4. The van der Waals surface area contributed by atoms with Gasteiger partial charge in [0.1, 0.15) is 6.54 Å². The van der Waals surface area contributed by atoms with Gasteiger partial charge in [0.05, 0.1) is 6.07 Å². The van der Waals surface area contributed by atoms with E-state index < -0.39 is 11.8 Å². The van der Waals surface area contributed by atoms with Gasteiger partial charge in [-0.25, -0.2) is 0 Å². The van der Waals surface area contributed by atoms with Crippen molar-refractivity contribution >= 4 is 11.8 Å². The Hall–Kier alpha value is -1.61. The molecule has 0 spiro atoms. The van der Waals surface area contributed by atoms with Crippen LogP contribution in [0, 0.1) is 11.3 Å². The summed E-state index contributed by atoms with van der Waals surface area (Å²) in [5, 5.41) is 13.1. The molecule has 6 nitrogen and oxygen atoms in total. The van der Waals surface area contributed by atoms with E-state index in [1.54, 1.807) is 6.07 Å². The number of piperidine rings is 1. The molecule has 0 saturated carbocycles. The van der Waals surface area contributed by atoms with Crippen molar-refractivity contribution in [1.82, 2.24) is 15.5 Å². The molecule has 1 aliphatic rings. The molecule has 0 aromatic rings. The molecule has 6 heteroatoms. The van der Waals surface area contributed by atoms with Crippen LogP contribution in [0.4, 0.5) is 0 Å². The molecule has 0 bridgehead atoms. The van der Waals surface area contributed by atoms with E-state index in [1.165, 1.54) is 19.3 Å². The smallest absolute Gasteiger partial charge is 0.310 e. The lowest BCUT2D eigenvalue weighted by molar-refractivity contribution is -0.139. The third-order valence-corrected chi connectivity index (χ3v) is 3.11. The molecule has 0 aromatic heterocycles. The average Bonchev–Trinajstić information content (AvgIpc) is 2.42. The van der Waals surface area contributed by atoms with Gasteiger partial charge in [0.15, 0.2) is 0 Å². The third kappa shape index (κ3) is 4.72. The first-order chi connectivity index (χ1) is 8.65. The van der Waals surface area contributed by atoms with Crippen LogP contribution < -0.4 is 10.6 Å². The van der Waals surface area contributed by atoms with Gasteiger partial charge < -0.3 is 10.6 Å². The number of likely N-dealkylation sites (tertiary alicyclic amines) is 1. The van der Waals surface area contributed by atoms with Crippen molar-refractivity contribution in [1.29, 1.82) is 5.26 Å². The monoisotopic (exact) mass is 252 g/mol. The molecule has 100 valence electrons. The lowest BCUT2D eigenvalue weighted by Crippen LogP contribution is -2.47. The zero-order valence-electron chi connectivity index (χ0n) is 10.7. The summed E-state index contributed by atoms with van der Waals surface area (Å²) in [6.45, 7) is 4.46. The van der Waals surface area contributed by atoms with Gasteiger partial charge in [-0.15, -0.1) is 0 Å². The summed E-state index contributed by atoms with van der Waals surface area (Å²) in [6.07, 6.45) is 3.66. The normalized spacial score (nSPS) is 17.6. The fourth-order valence-corrected chi connectivity index (χ4v) is 2.01. The predicted molar refractivity (Wildman–Crippen MR) is 66.5 cm³/mol. The number of hydrogen-bond donors (Lipinski definition) is 2. The standard InChI is InChI=1S/C12H20N4O2/c1-10(16-7-3-2-4-8-16)9-15-12(18)11(17)14-6-5-13/h10H,2-4,6-9H2,1H3,(H,14,17)(H,15,18). The summed E-state index contributed by atoms with van der Waals surface area (Å²) in [5.74, 6) is -1.42. The van der Waals surface area contributed by atoms with Crippen LogP contribution >= 0.6 is 0 Å². The molecule has 1 saturated heterocycles. The fraction of sp³-hybridized carbons (Fsp3) is 0.750. The van der Waals surface area contributed by atoms with Crippen molar-refractivity contribution in [2.75, 3.05) is 26.2 Å². The Bertz CT molecular complexity index is 331. The number of nitrogens with one attached hydrogen (secondary N) is 2. The van der Waals surface area contributed by atoms with Crippen LogP contribution in [0.2, 0.25) is 0 Å². The fourth-order valence-electron chi connectivity index (χ4n) is 2.01. The molecule has 18 heavy (non-hydrogen) atoms. The van der Waals surface area contributed by atoms with Crippen molar-refractivity contribution in [3.8, 4) is 6.07 Å². The van der Waals surface area contributed by atoms with E-state index in [0.29, 0.717) is 6.54 Å². The highest BCUT2D eigenvalue weighted by Crippen LogP contribution is 2.11. The maximum absolute atomic E-state index is 11.4. The summed E-state index contributed by atoms with van der Waals surface area (Å²) in [5.41, 5.74) is 0. The first kappa shape index (κ1) is 14.5. The van der Waals surface area contributed by atoms with Crippen molar-refractivity contribution in [3.05, 3.63) is 0 Å². The van der Waals surface area contributed by atoms with Gasteiger partial charge >= 0.3 is 11.8 Å². The van der Waals surface area contributed by atoms with E-state index in [0.717, 1.165) is 13.1 Å². The minimum Gasteiger partial charge on any atom is -0.346 e. The molecular formula is C12H20N4O2. The zero-order valence-corrected chi connectivity index (χ0v) is 10.7. The highest BCUT2D eigenvalue weighted by Gasteiger charge is 2.19. The highest BCUT2D eigenvalue weighted by molar-refractivity contribution is 6.35. The Morgan fingerprint density at radius 3 is 2.44 bits per heavy atom. The van der Waals surface area contributed by atoms with Gasteiger partial charge in [-0.3, -0.25) is 14.5 Å². The number of amides is 2. The minimum atomic E-state index is -0.748. The van der Waals surface area contributed by atoms with E-state index in [-0.39, 0.29) is 12.6 Å². The number of carbonyl (C=O) groups excluding carboxylic acids is 2. The van der Waals surface area contributed by atoms with E-state index in [9.17, 15) is 9.59 Å². The Kier molecular flexibility index (Phi) is 6.15. The van der Waals surface area contributed by atoms with Gasteiger partial charge in [-0.1, -0.05) is 6.42 Å². The first-order valence-electron chi connectivity index (χ1n) is 6.32. The molecule has 0 aliphatic carbocycles. The van der Waals surface area contributed by atoms with Crippen LogP contribution in [-0.2, 0) is 9.59 Å². The molecule has 1 aliphatic heterocycles. The van der Waals surface area contributed by atoms with Gasteiger partial charge in [-0.2, -0.15) is 5.26 Å². The SMILES string of the molecule is CC(CNC(=O)C(=O)NCC#N)N1CCCCC1. The van der Waals surface area contributed by atoms with E-state index in [4.69, 9.17) is 5.26 Å². The minimum absolute atomic E-state index is 0.145. The Morgan fingerprint density at radius 1 is 1.22 bits per heavy atom. The number of rotatable bonds is 4. The van der Waals surface area contributed by atoms with Gasteiger partial charge in [0.2, 0.25) is 0 Å². The van der Waals surface area contributed by atoms with Crippen LogP contribution in [0.15, 0.2) is 0 Å². The molecule has 1 unspecified atom stereocenters.